The van der Waals surface area contributed by atoms with E-state index in [1.165, 1.54) is 0 Å². The van der Waals surface area contributed by atoms with E-state index in [9.17, 15) is 9.90 Å². The zero-order valence-corrected chi connectivity index (χ0v) is 11.8. The minimum atomic E-state index is -0.149. The van der Waals surface area contributed by atoms with Crippen LogP contribution in [-0.2, 0) is 0 Å². The molecule has 0 aliphatic carbocycles. The average molecular weight is 287 g/mol. The number of nitrogens with one attached hydrogen (secondary N) is 2. The summed E-state index contributed by atoms with van der Waals surface area (Å²) in [4.78, 5) is 19.3. The first-order valence-electron chi connectivity index (χ1n) is 6.80. The summed E-state index contributed by atoms with van der Waals surface area (Å²) < 4.78 is 0. The van der Waals surface area contributed by atoms with Crippen molar-refractivity contribution in [3.8, 4) is 5.88 Å². The highest BCUT2D eigenvalue weighted by atomic mass is 16.3. The molecule has 1 fully saturated rings. The molecule has 2 heterocycles. The van der Waals surface area contributed by atoms with E-state index in [1.807, 2.05) is 11.9 Å². The first-order valence-corrected chi connectivity index (χ1v) is 6.80. The second-order valence-corrected chi connectivity index (χ2v) is 5.29. The fourth-order valence-electron chi connectivity index (χ4n) is 2.60. The van der Waals surface area contributed by atoms with Crippen molar-refractivity contribution >= 4 is 22.5 Å². The van der Waals surface area contributed by atoms with Crippen molar-refractivity contribution in [2.24, 2.45) is 5.11 Å². The second kappa shape index (κ2) is 5.17. The molecule has 1 saturated heterocycles. The lowest BCUT2D eigenvalue weighted by atomic mass is 10.1. The molecule has 0 radical (unpaired) electrons. The largest absolute Gasteiger partial charge is 0.493 e. The summed E-state index contributed by atoms with van der Waals surface area (Å²) in [5.41, 5.74) is 8.50. The number of hydrogen-bond donors (Lipinski definition) is 3. The molecule has 7 heteroatoms. The maximum Gasteiger partial charge on any atom is 0.253 e. The average Bonchev–Trinajstić information content (AvgIpc) is 2.81. The predicted octanol–water partition coefficient (Wildman–Crippen LogP) is 1.92. The third kappa shape index (κ3) is 2.36. The molecule has 110 valence electrons. The molecule has 0 spiro atoms. The van der Waals surface area contributed by atoms with Gasteiger partial charge in [-0.25, -0.2) is 5.53 Å². The summed E-state index contributed by atoms with van der Waals surface area (Å²) in [6.45, 7) is 3.15. The zero-order valence-electron chi connectivity index (χ0n) is 11.8. The molecular weight excluding hydrogens is 270 g/mol. The Bertz CT molecular complexity index is 701. The van der Waals surface area contributed by atoms with Crippen molar-refractivity contribution in [1.82, 2.24) is 14.8 Å². The molecule has 7 nitrogen and oxygen atoms in total. The van der Waals surface area contributed by atoms with Gasteiger partial charge in [0.1, 0.15) is 0 Å². The number of fused-ring (bicyclic) bond motifs is 1. The number of rotatable bonds is 2. The van der Waals surface area contributed by atoms with Crippen molar-refractivity contribution in [1.29, 1.82) is 5.53 Å². The Morgan fingerprint density at radius 1 is 1.33 bits per heavy atom. The predicted molar refractivity (Wildman–Crippen MR) is 78.2 cm³/mol. The van der Waals surface area contributed by atoms with Crippen LogP contribution in [0.25, 0.3) is 10.9 Å². The molecule has 1 amide bonds. The minimum absolute atomic E-state index is 0.0263. The zero-order chi connectivity index (χ0) is 15.0. The number of carbonyl (C=O) groups is 1. The molecule has 1 aliphatic rings. The Morgan fingerprint density at radius 3 is 2.71 bits per heavy atom. The SMILES string of the molecule is CN1CCN(C(=O)c2ccc3[nH]c(O)c(N=N)c3c2)CC1. The molecule has 3 N–H and O–H groups in total. The third-order valence-electron chi connectivity index (χ3n) is 3.90. The standard InChI is InChI=1S/C14H17N5O2/c1-18-4-6-19(7-5-18)14(21)9-2-3-11-10(8-9)12(17-15)13(20)16-11/h2-3,8,15-16,20H,4-7H2,1H3. The van der Waals surface area contributed by atoms with Crippen LogP contribution in [0.15, 0.2) is 23.3 Å². The van der Waals surface area contributed by atoms with Crippen LogP contribution >= 0.6 is 0 Å². The van der Waals surface area contributed by atoms with Crippen LogP contribution in [0.1, 0.15) is 10.4 Å². The Labute approximate surface area is 121 Å². The highest BCUT2D eigenvalue weighted by molar-refractivity contribution is 6.02. The fraction of sp³-hybridized carbons (Fsp3) is 0.357. The van der Waals surface area contributed by atoms with Crippen LogP contribution in [0.5, 0.6) is 5.88 Å². The number of benzene rings is 1. The molecule has 0 saturated carbocycles. The van der Waals surface area contributed by atoms with Gasteiger partial charge in [0, 0.05) is 37.1 Å². The molecule has 21 heavy (non-hydrogen) atoms. The molecule has 1 aromatic carbocycles. The van der Waals surface area contributed by atoms with Gasteiger partial charge in [0.2, 0.25) is 5.88 Å². The van der Waals surface area contributed by atoms with Gasteiger partial charge in [-0.2, -0.15) is 5.11 Å². The highest BCUT2D eigenvalue weighted by Gasteiger charge is 2.21. The van der Waals surface area contributed by atoms with Gasteiger partial charge in [-0.15, -0.1) is 0 Å². The number of hydrogen-bond acceptors (Lipinski definition) is 5. The maximum atomic E-state index is 12.5. The molecule has 3 rings (SSSR count). The van der Waals surface area contributed by atoms with E-state index in [1.54, 1.807) is 18.2 Å². The van der Waals surface area contributed by atoms with Crippen LogP contribution in [0.2, 0.25) is 0 Å². The van der Waals surface area contributed by atoms with Gasteiger partial charge in [-0.3, -0.25) is 4.79 Å². The van der Waals surface area contributed by atoms with E-state index in [4.69, 9.17) is 5.53 Å². The van der Waals surface area contributed by atoms with E-state index >= 15 is 0 Å². The number of piperazine rings is 1. The van der Waals surface area contributed by atoms with E-state index in [0.29, 0.717) is 29.6 Å². The van der Waals surface area contributed by atoms with E-state index in [-0.39, 0.29) is 17.5 Å². The van der Waals surface area contributed by atoms with Gasteiger partial charge in [0.15, 0.2) is 5.69 Å². The lowest BCUT2D eigenvalue weighted by Crippen LogP contribution is -2.47. The van der Waals surface area contributed by atoms with Crippen LogP contribution in [0, 0.1) is 5.53 Å². The van der Waals surface area contributed by atoms with E-state index < -0.39 is 0 Å². The second-order valence-electron chi connectivity index (χ2n) is 5.29. The Morgan fingerprint density at radius 2 is 2.05 bits per heavy atom. The number of H-pyrrole nitrogens is 1. The monoisotopic (exact) mass is 287 g/mol. The Hall–Kier alpha value is -2.41. The lowest BCUT2D eigenvalue weighted by molar-refractivity contribution is 0.0664. The lowest BCUT2D eigenvalue weighted by Gasteiger charge is -2.32. The van der Waals surface area contributed by atoms with Crippen LogP contribution in [-0.4, -0.2) is 59.0 Å². The molecule has 0 unspecified atom stereocenters. The number of likely N-dealkylation sites (N-methyl/N-ethyl adjacent to an activating group) is 1. The first-order chi connectivity index (χ1) is 10.1. The molecule has 2 aromatic rings. The van der Waals surface area contributed by atoms with Gasteiger partial charge in [-0.05, 0) is 25.2 Å². The van der Waals surface area contributed by atoms with Crippen molar-refractivity contribution in [2.45, 2.75) is 0 Å². The van der Waals surface area contributed by atoms with Crippen LogP contribution < -0.4 is 0 Å². The summed E-state index contributed by atoms with van der Waals surface area (Å²) >= 11 is 0. The van der Waals surface area contributed by atoms with E-state index in [2.05, 4.69) is 15.0 Å². The van der Waals surface area contributed by atoms with E-state index in [0.717, 1.165) is 13.1 Å². The maximum absolute atomic E-state index is 12.5. The Balaban J connectivity index is 1.93. The van der Waals surface area contributed by atoms with Gasteiger partial charge in [0.05, 0.1) is 5.52 Å². The summed E-state index contributed by atoms with van der Waals surface area (Å²) in [5.74, 6) is -0.175. The number of amides is 1. The Kier molecular flexibility index (Phi) is 3.34. The van der Waals surface area contributed by atoms with Crippen molar-refractivity contribution < 1.29 is 9.90 Å². The normalized spacial score (nSPS) is 16.3. The third-order valence-corrected chi connectivity index (χ3v) is 3.90. The highest BCUT2D eigenvalue weighted by Crippen LogP contribution is 2.35. The van der Waals surface area contributed by atoms with Gasteiger partial charge < -0.3 is 19.9 Å². The van der Waals surface area contributed by atoms with Crippen molar-refractivity contribution in [3.05, 3.63) is 23.8 Å². The van der Waals surface area contributed by atoms with Crippen molar-refractivity contribution in [3.63, 3.8) is 0 Å². The van der Waals surface area contributed by atoms with Gasteiger partial charge >= 0.3 is 0 Å². The van der Waals surface area contributed by atoms with Crippen molar-refractivity contribution in [2.75, 3.05) is 33.2 Å². The summed E-state index contributed by atoms with van der Waals surface area (Å²) in [5, 5.41) is 13.6. The molecule has 1 aliphatic heterocycles. The molecule has 1 aromatic heterocycles. The smallest absolute Gasteiger partial charge is 0.253 e. The number of nitrogens with zero attached hydrogens (tertiary/aromatic N) is 3. The van der Waals surface area contributed by atoms with Crippen LogP contribution in [0.3, 0.4) is 0 Å². The van der Waals surface area contributed by atoms with Crippen LogP contribution in [0.4, 0.5) is 5.69 Å². The minimum Gasteiger partial charge on any atom is -0.493 e. The molecule has 0 bridgehead atoms. The molecule has 0 atom stereocenters. The number of aromatic amines is 1. The summed E-state index contributed by atoms with van der Waals surface area (Å²) in [7, 11) is 2.04. The van der Waals surface area contributed by atoms with Gasteiger partial charge in [0.25, 0.3) is 5.91 Å². The topological polar surface area (TPSA) is 95.8 Å². The quantitative estimate of drug-likeness (QED) is 0.736. The molecular formula is C14H17N5O2. The first kappa shape index (κ1) is 13.6. The fourth-order valence-corrected chi connectivity index (χ4v) is 2.60. The number of aromatic nitrogens is 1. The number of carbonyl (C=O) groups excluding carboxylic acids is 1. The number of aromatic hydroxyl groups is 1. The summed E-state index contributed by atoms with van der Waals surface area (Å²) in [6, 6.07) is 5.14. The summed E-state index contributed by atoms with van der Waals surface area (Å²) in [6.07, 6.45) is 0. The van der Waals surface area contributed by atoms with Gasteiger partial charge in [-0.1, -0.05) is 0 Å².